The first-order valence-electron chi connectivity index (χ1n) is 8.90. The molecular weight excluding hydrogens is 328 g/mol. The van der Waals surface area contributed by atoms with Gasteiger partial charge in [-0.1, -0.05) is 60.2 Å². The maximum atomic E-state index is 12.5. The number of ether oxygens (including phenoxy) is 1. The van der Waals surface area contributed by atoms with E-state index in [-0.39, 0.29) is 6.04 Å². The lowest BCUT2D eigenvalue weighted by molar-refractivity contribution is -0.117. The molecule has 0 saturated carbocycles. The van der Waals surface area contributed by atoms with Crippen molar-refractivity contribution in [1.29, 1.82) is 0 Å². The van der Waals surface area contributed by atoms with Crippen LogP contribution in [0, 0.1) is 6.92 Å². The quantitative estimate of drug-likeness (QED) is 0.641. The SMILES string of the molecule is Cc1ccc(C(=O)C(=O)NC(CN2CCOCC2)c2ccccc2)cc1. The van der Waals surface area contributed by atoms with E-state index in [1.54, 1.807) is 12.1 Å². The molecule has 1 amide bonds. The second-order valence-electron chi connectivity index (χ2n) is 6.54. The van der Waals surface area contributed by atoms with Gasteiger partial charge in [-0.25, -0.2) is 0 Å². The zero-order valence-electron chi connectivity index (χ0n) is 15.0. The Balaban J connectivity index is 1.72. The van der Waals surface area contributed by atoms with Gasteiger partial charge in [0.1, 0.15) is 0 Å². The van der Waals surface area contributed by atoms with Crippen LogP contribution < -0.4 is 5.32 Å². The van der Waals surface area contributed by atoms with Crippen molar-refractivity contribution >= 4 is 11.7 Å². The highest BCUT2D eigenvalue weighted by Gasteiger charge is 2.23. The van der Waals surface area contributed by atoms with E-state index in [9.17, 15) is 9.59 Å². The Labute approximate surface area is 154 Å². The Morgan fingerprint density at radius 2 is 1.69 bits per heavy atom. The van der Waals surface area contributed by atoms with Crippen LogP contribution >= 0.6 is 0 Å². The minimum Gasteiger partial charge on any atom is -0.379 e. The largest absolute Gasteiger partial charge is 0.379 e. The van der Waals surface area contributed by atoms with Gasteiger partial charge in [-0.15, -0.1) is 0 Å². The maximum absolute atomic E-state index is 12.5. The Morgan fingerprint density at radius 1 is 1.04 bits per heavy atom. The molecule has 1 saturated heterocycles. The zero-order valence-corrected chi connectivity index (χ0v) is 15.0. The lowest BCUT2D eigenvalue weighted by Gasteiger charge is -2.31. The Morgan fingerprint density at radius 3 is 2.35 bits per heavy atom. The molecule has 1 fully saturated rings. The van der Waals surface area contributed by atoms with Crippen LogP contribution in [0.3, 0.4) is 0 Å². The molecule has 2 aromatic rings. The van der Waals surface area contributed by atoms with Gasteiger partial charge >= 0.3 is 0 Å². The second kappa shape index (κ2) is 8.74. The van der Waals surface area contributed by atoms with Gasteiger partial charge in [-0.3, -0.25) is 14.5 Å². The van der Waals surface area contributed by atoms with Gasteiger partial charge in [-0.2, -0.15) is 0 Å². The first kappa shape index (κ1) is 18.3. The van der Waals surface area contributed by atoms with Crippen molar-refractivity contribution in [3.8, 4) is 0 Å². The van der Waals surface area contributed by atoms with Crippen molar-refractivity contribution in [2.75, 3.05) is 32.8 Å². The minimum atomic E-state index is -0.573. The highest BCUT2D eigenvalue weighted by molar-refractivity contribution is 6.42. The Bertz CT molecular complexity index is 738. The molecule has 1 unspecified atom stereocenters. The zero-order chi connectivity index (χ0) is 18.4. The molecule has 136 valence electrons. The predicted molar refractivity (Wildman–Crippen MR) is 100 cm³/mol. The molecule has 0 aromatic heterocycles. The summed E-state index contributed by atoms with van der Waals surface area (Å²) in [5, 5.41) is 2.92. The molecular formula is C21H24N2O3. The number of carbonyl (C=O) groups excluding carboxylic acids is 2. The second-order valence-corrected chi connectivity index (χ2v) is 6.54. The minimum absolute atomic E-state index is 0.240. The van der Waals surface area contributed by atoms with Gasteiger partial charge in [0.25, 0.3) is 5.91 Å². The van der Waals surface area contributed by atoms with Gasteiger partial charge in [0.15, 0.2) is 0 Å². The van der Waals surface area contributed by atoms with Gasteiger partial charge in [0.05, 0.1) is 19.3 Å². The molecule has 26 heavy (non-hydrogen) atoms. The molecule has 1 heterocycles. The normalized spacial score (nSPS) is 16.0. The third-order valence-electron chi connectivity index (χ3n) is 4.57. The monoisotopic (exact) mass is 352 g/mol. The van der Waals surface area contributed by atoms with Crippen LogP contribution in [-0.4, -0.2) is 49.4 Å². The summed E-state index contributed by atoms with van der Waals surface area (Å²) in [7, 11) is 0. The maximum Gasteiger partial charge on any atom is 0.292 e. The molecule has 3 rings (SSSR count). The van der Waals surface area contributed by atoms with E-state index in [4.69, 9.17) is 4.74 Å². The number of Topliss-reactive ketones (excluding diaryl/α,β-unsaturated/α-hetero) is 1. The molecule has 1 aliphatic rings. The standard InChI is InChI=1S/C21H24N2O3/c1-16-7-9-18(10-8-16)20(24)21(25)22-19(17-5-3-2-4-6-17)15-23-11-13-26-14-12-23/h2-10,19H,11-15H2,1H3,(H,22,25). The summed E-state index contributed by atoms with van der Waals surface area (Å²) in [6.07, 6.45) is 0. The summed E-state index contributed by atoms with van der Waals surface area (Å²) in [4.78, 5) is 27.3. The fourth-order valence-electron chi connectivity index (χ4n) is 3.02. The molecule has 0 bridgehead atoms. The number of aryl methyl sites for hydroxylation is 1. The number of amides is 1. The summed E-state index contributed by atoms with van der Waals surface area (Å²) in [5.74, 6) is -1.08. The van der Waals surface area contributed by atoms with E-state index in [1.165, 1.54) is 0 Å². The first-order valence-corrected chi connectivity index (χ1v) is 8.90. The van der Waals surface area contributed by atoms with Crippen LogP contribution in [0.4, 0.5) is 0 Å². The number of benzene rings is 2. The van der Waals surface area contributed by atoms with Crippen molar-refractivity contribution in [3.63, 3.8) is 0 Å². The van der Waals surface area contributed by atoms with Gasteiger partial charge in [0, 0.05) is 25.2 Å². The number of rotatable bonds is 6. The smallest absolute Gasteiger partial charge is 0.292 e. The average molecular weight is 352 g/mol. The van der Waals surface area contributed by atoms with E-state index < -0.39 is 11.7 Å². The number of hydrogen-bond donors (Lipinski definition) is 1. The summed E-state index contributed by atoms with van der Waals surface area (Å²) in [5.41, 5.74) is 2.45. The number of carbonyl (C=O) groups is 2. The Kier molecular flexibility index (Phi) is 6.15. The molecule has 0 aliphatic carbocycles. The fraction of sp³-hybridized carbons (Fsp3) is 0.333. The highest BCUT2D eigenvalue weighted by Crippen LogP contribution is 2.16. The van der Waals surface area contributed by atoms with Gasteiger partial charge in [0.2, 0.25) is 5.78 Å². The first-order chi connectivity index (χ1) is 12.6. The van der Waals surface area contributed by atoms with Gasteiger partial charge in [-0.05, 0) is 12.5 Å². The lowest BCUT2D eigenvalue weighted by Crippen LogP contribution is -2.44. The number of hydrogen-bond acceptors (Lipinski definition) is 4. The van der Waals surface area contributed by atoms with Gasteiger partial charge < -0.3 is 10.1 Å². The van der Waals surface area contributed by atoms with E-state index in [0.29, 0.717) is 25.3 Å². The fourth-order valence-corrected chi connectivity index (χ4v) is 3.02. The van der Waals surface area contributed by atoms with Crippen LogP contribution in [0.1, 0.15) is 27.5 Å². The summed E-state index contributed by atoms with van der Waals surface area (Å²) < 4.78 is 5.39. The number of nitrogens with zero attached hydrogens (tertiary/aromatic N) is 1. The van der Waals surface area contributed by atoms with Crippen molar-refractivity contribution in [2.24, 2.45) is 0 Å². The van der Waals surface area contributed by atoms with E-state index in [0.717, 1.165) is 24.2 Å². The molecule has 0 radical (unpaired) electrons. The third-order valence-corrected chi connectivity index (χ3v) is 4.57. The van der Waals surface area contributed by atoms with Crippen LogP contribution in [0.5, 0.6) is 0 Å². The van der Waals surface area contributed by atoms with Crippen LogP contribution in [0.2, 0.25) is 0 Å². The van der Waals surface area contributed by atoms with Crippen molar-refractivity contribution in [1.82, 2.24) is 10.2 Å². The lowest BCUT2D eigenvalue weighted by atomic mass is 10.0. The third kappa shape index (κ3) is 4.77. The summed E-state index contributed by atoms with van der Waals surface area (Å²) in [6.45, 7) is 5.63. The highest BCUT2D eigenvalue weighted by atomic mass is 16.5. The molecule has 1 atom stereocenters. The summed E-state index contributed by atoms with van der Waals surface area (Å²) >= 11 is 0. The van der Waals surface area contributed by atoms with Crippen LogP contribution in [-0.2, 0) is 9.53 Å². The molecule has 5 heteroatoms. The molecule has 1 N–H and O–H groups in total. The number of morpholine rings is 1. The molecule has 1 aliphatic heterocycles. The number of ketones is 1. The van der Waals surface area contributed by atoms with Crippen molar-refractivity contribution < 1.29 is 14.3 Å². The van der Waals surface area contributed by atoms with E-state index in [2.05, 4.69) is 10.2 Å². The molecule has 0 spiro atoms. The van der Waals surface area contributed by atoms with E-state index in [1.807, 2.05) is 49.4 Å². The molecule has 2 aromatic carbocycles. The number of nitrogens with one attached hydrogen (secondary N) is 1. The molecule has 5 nitrogen and oxygen atoms in total. The van der Waals surface area contributed by atoms with E-state index >= 15 is 0 Å². The average Bonchev–Trinajstić information content (AvgIpc) is 2.69. The topological polar surface area (TPSA) is 58.6 Å². The van der Waals surface area contributed by atoms with Crippen molar-refractivity contribution in [3.05, 3.63) is 71.3 Å². The predicted octanol–water partition coefficient (Wildman–Crippen LogP) is 2.37. The summed E-state index contributed by atoms with van der Waals surface area (Å²) in [6, 6.07) is 16.6. The van der Waals surface area contributed by atoms with Crippen LogP contribution in [0.15, 0.2) is 54.6 Å². The van der Waals surface area contributed by atoms with Crippen LogP contribution in [0.25, 0.3) is 0 Å². The van der Waals surface area contributed by atoms with Crippen molar-refractivity contribution in [2.45, 2.75) is 13.0 Å². The Hall–Kier alpha value is -2.50.